The average molecular weight is 612 g/mol. The maximum atomic E-state index is 13.8. The standard InChI is InChI=1S/C32H29N5O4S2/c1-21-5-7-22(8-6-21)19-37-31(39)27(43-32(37)42)17-24-29(33-28-4-2-3-11-36(28)30(24)38)35-14-12-34(13-15-35)18-23-9-10-25-26(16-23)41-20-40-25/h2-11,16-17H,12-15,18-20H2,1H3/b27-17-. The zero-order valence-corrected chi connectivity index (χ0v) is 25.2. The number of pyridine rings is 1. The molecular formula is C32H29N5O4S2. The molecule has 0 unspecified atom stereocenters. The molecule has 0 bridgehead atoms. The summed E-state index contributed by atoms with van der Waals surface area (Å²) in [7, 11) is 0. The van der Waals surface area contributed by atoms with E-state index in [9.17, 15) is 9.59 Å². The number of thiocarbonyl (C=S) groups is 1. The predicted molar refractivity (Wildman–Crippen MR) is 171 cm³/mol. The van der Waals surface area contributed by atoms with E-state index in [4.69, 9.17) is 26.7 Å². The van der Waals surface area contributed by atoms with Gasteiger partial charge in [-0.25, -0.2) is 4.98 Å². The smallest absolute Gasteiger partial charge is 0.267 e. The van der Waals surface area contributed by atoms with Gasteiger partial charge in [0.2, 0.25) is 6.79 Å². The number of fused-ring (bicyclic) bond motifs is 2. The minimum atomic E-state index is -0.216. The third-order valence-electron chi connectivity index (χ3n) is 7.87. The molecule has 0 saturated carbocycles. The highest BCUT2D eigenvalue weighted by Crippen LogP contribution is 2.35. The molecule has 11 heteroatoms. The number of ether oxygens (including phenoxy) is 2. The van der Waals surface area contributed by atoms with E-state index in [-0.39, 0.29) is 18.3 Å². The Balaban J connectivity index is 1.15. The normalized spacial score (nSPS) is 17.9. The Morgan fingerprint density at radius 2 is 1.70 bits per heavy atom. The van der Waals surface area contributed by atoms with Gasteiger partial charge in [-0.2, -0.15) is 0 Å². The second-order valence-corrected chi connectivity index (χ2v) is 12.5. The molecule has 2 aromatic carbocycles. The largest absolute Gasteiger partial charge is 0.454 e. The minimum Gasteiger partial charge on any atom is -0.454 e. The fourth-order valence-corrected chi connectivity index (χ4v) is 6.75. The SMILES string of the molecule is Cc1ccc(CN2C(=O)/C(=C/c3c(N4CCN(Cc5ccc6c(c5)OCO6)CC4)nc4ccccn4c3=O)SC2=S)cc1. The third-order valence-corrected chi connectivity index (χ3v) is 9.25. The van der Waals surface area contributed by atoms with Crippen LogP contribution in [-0.2, 0) is 17.9 Å². The van der Waals surface area contributed by atoms with Crippen molar-refractivity contribution in [3.05, 3.63) is 104 Å². The van der Waals surface area contributed by atoms with Crippen molar-refractivity contribution in [2.24, 2.45) is 0 Å². The van der Waals surface area contributed by atoms with Gasteiger partial charge in [-0.1, -0.05) is 65.9 Å². The average Bonchev–Trinajstić information content (AvgIpc) is 3.59. The molecule has 2 aromatic heterocycles. The van der Waals surface area contributed by atoms with Crippen molar-refractivity contribution >= 4 is 51.7 Å². The van der Waals surface area contributed by atoms with Gasteiger partial charge in [0.05, 0.1) is 17.0 Å². The molecule has 9 nitrogen and oxygen atoms in total. The van der Waals surface area contributed by atoms with Gasteiger partial charge in [0.25, 0.3) is 11.5 Å². The Kier molecular flexibility index (Phi) is 7.38. The first-order valence-electron chi connectivity index (χ1n) is 14.1. The summed E-state index contributed by atoms with van der Waals surface area (Å²) in [5.41, 5.74) is 4.05. The van der Waals surface area contributed by atoms with E-state index >= 15 is 0 Å². The number of hydrogen-bond donors (Lipinski definition) is 0. The van der Waals surface area contributed by atoms with E-state index in [0.29, 0.717) is 45.9 Å². The number of benzene rings is 2. The number of hydrogen-bond acceptors (Lipinski definition) is 9. The van der Waals surface area contributed by atoms with Crippen LogP contribution in [-0.4, -0.2) is 62.4 Å². The lowest BCUT2D eigenvalue weighted by Crippen LogP contribution is -2.47. The number of aromatic nitrogens is 2. The lowest BCUT2D eigenvalue weighted by atomic mass is 10.1. The van der Waals surface area contributed by atoms with Crippen molar-refractivity contribution in [3.63, 3.8) is 0 Å². The van der Waals surface area contributed by atoms with Gasteiger partial charge in [0.15, 0.2) is 11.5 Å². The van der Waals surface area contributed by atoms with Crippen LogP contribution in [0.5, 0.6) is 11.5 Å². The van der Waals surface area contributed by atoms with Gasteiger partial charge < -0.3 is 14.4 Å². The minimum absolute atomic E-state index is 0.201. The number of carbonyl (C=O) groups excluding carboxylic acids is 1. The Morgan fingerprint density at radius 3 is 2.51 bits per heavy atom. The first kappa shape index (κ1) is 27.6. The topological polar surface area (TPSA) is 79.6 Å². The van der Waals surface area contributed by atoms with Gasteiger partial charge in [-0.05, 0) is 48.4 Å². The maximum Gasteiger partial charge on any atom is 0.267 e. The van der Waals surface area contributed by atoms with Crippen LogP contribution < -0.4 is 19.9 Å². The van der Waals surface area contributed by atoms with E-state index in [1.165, 1.54) is 16.2 Å². The van der Waals surface area contributed by atoms with E-state index in [2.05, 4.69) is 15.9 Å². The molecule has 0 atom stereocenters. The van der Waals surface area contributed by atoms with Crippen LogP contribution in [0.1, 0.15) is 22.3 Å². The number of aryl methyl sites for hydroxylation is 1. The first-order chi connectivity index (χ1) is 20.9. The number of anilines is 1. The van der Waals surface area contributed by atoms with Crippen molar-refractivity contribution in [2.45, 2.75) is 20.0 Å². The molecule has 4 aromatic rings. The quantitative estimate of drug-likeness (QED) is 0.232. The summed E-state index contributed by atoms with van der Waals surface area (Å²) >= 11 is 6.82. The summed E-state index contributed by atoms with van der Waals surface area (Å²) in [5.74, 6) is 1.95. The van der Waals surface area contributed by atoms with E-state index in [1.807, 2.05) is 55.5 Å². The molecule has 218 valence electrons. The summed E-state index contributed by atoms with van der Waals surface area (Å²) in [6.07, 6.45) is 3.38. The van der Waals surface area contributed by atoms with Crippen molar-refractivity contribution in [2.75, 3.05) is 37.9 Å². The monoisotopic (exact) mass is 611 g/mol. The Hall–Kier alpha value is -4.19. The molecular weight excluding hydrogens is 583 g/mol. The number of thioether (sulfide) groups is 1. The number of amides is 1. The van der Waals surface area contributed by atoms with Gasteiger partial charge in [-0.15, -0.1) is 0 Å². The van der Waals surface area contributed by atoms with Crippen LogP contribution in [0.3, 0.4) is 0 Å². The highest BCUT2D eigenvalue weighted by atomic mass is 32.2. The highest BCUT2D eigenvalue weighted by molar-refractivity contribution is 8.26. The molecule has 3 aliphatic heterocycles. The summed E-state index contributed by atoms with van der Waals surface area (Å²) in [6.45, 7) is 6.42. The molecule has 0 N–H and O–H groups in total. The molecule has 2 fully saturated rings. The number of nitrogens with zero attached hydrogens (tertiary/aromatic N) is 5. The van der Waals surface area contributed by atoms with Crippen LogP contribution in [0.25, 0.3) is 11.7 Å². The fraction of sp³-hybridized carbons (Fsp3) is 0.250. The van der Waals surface area contributed by atoms with E-state index in [0.717, 1.165) is 47.8 Å². The lowest BCUT2D eigenvalue weighted by Gasteiger charge is -2.36. The summed E-state index contributed by atoms with van der Waals surface area (Å²) in [4.78, 5) is 38.8. The zero-order chi connectivity index (χ0) is 29.5. The van der Waals surface area contributed by atoms with Gasteiger partial charge >= 0.3 is 0 Å². The molecule has 1 amide bonds. The van der Waals surface area contributed by atoms with Crippen LogP contribution in [0.2, 0.25) is 0 Å². The fourth-order valence-electron chi connectivity index (χ4n) is 5.52. The Morgan fingerprint density at radius 1 is 0.930 bits per heavy atom. The third kappa shape index (κ3) is 5.51. The number of rotatable bonds is 6. The molecule has 5 heterocycles. The summed E-state index contributed by atoms with van der Waals surface area (Å²) in [5, 5.41) is 0. The summed E-state index contributed by atoms with van der Waals surface area (Å²) in [6, 6.07) is 19.6. The summed E-state index contributed by atoms with van der Waals surface area (Å²) < 4.78 is 13.0. The molecule has 0 aliphatic carbocycles. The Bertz CT molecular complexity index is 1830. The van der Waals surface area contributed by atoms with Crippen molar-refractivity contribution in [1.29, 1.82) is 0 Å². The molecule has 0 spiro atoms. The van der Waals surface area contributed by atoms with Crippen LogP contribution in [0, 0.1) is 6.92 Å². The number of carbonyl (C=O) groups is 1. The zero-order valence-electron chi connectivity index (χ0n) is 23.6. The van der Waals surface area contributed by atoms with Crippen molar-refractivity contribution < 1.29 is 14.3 Å². The lowest BCUT2D eigenvalue weighted by molar-refractivity contribution is -0.122. The van der Waals surface area contributed by atoms with Gasteiger partial charge in [-0.3, -0.25) is 23.8 Å². The highest BCUT2D eigenvalue weighted by Gasteiger charge is 2.33. The van der Waals surface area contributed by atoms with Crippen LogP contribution in [0.15, 0.2) is 76.6 Å². The van der Waals surface area contributed by atoms with Gasteiger partial charge in [0.1, 0.15) is 15.8 Å². The number of piperazine rings is 1. The molecule has 0 radical (unpaired) electrons. The Labute approximate surface area is 258 Å². The predicted octanol–water partition coefficient (Wildman–Crippen LogP) is 4.46. The first-order valence-corrected chi connectivity index (χ1v) is 15.3. The molecule has 2 saturated heterocycles. The van der Waals surface area contributed by atoms with Crippen LogP contribution >= 0.6 is 24.0 Å². The van der Waals surface area contributed by atoms with Crippen molar-refractivity contribution in [3.8, 4) is 11.5 Å². The molecule has 43 heavy (non-hydrogen) atoms. The molecule has 3 aliphatic rings. The van der Waals surface area contributed by atoms with Crippen LogP contribution in [0.4, 0.5) is 5.82 Å². The van der Waals surface area contributed by atoms with E-state index < -0.39 is 0 Å². The van der Waals surface area contributed by atoms with E-state index in [1.54, 1.807) is 23.2 Å². The second-order valence-electron chi connectivity index (χ2n) is 10.8. The maximum absolute atomic E-state index is 13.8. The van der Waals surface area contributed by atoms with Crippen molar-refractivity contribution in [1.82, 2.24) is 19.2 Å². The second kappa shape index (κ2) is 11.5. The molecule has 7 rings (SSSR count). The van der Waals surface area contributed by atoms with Gasteiger partial charge in [0, 0.05) is 38.9 Å².